The zero-order valence-electron chi connectivity index (χ0n) is 20.1. The fourth-order valence-electron chi connectivity index (χ4n) is 4.19. The number of nitrogens with zero attached hydrogens (tertiary/aromatic N) is 6. The number of benzene rings is 2. The molecule has 5 rings (SSSR count). The Balaban J connectivity index is 1.14. The number of hydrogen-bond donors (Lipinski definition) is 1. The van der Waals surface area contributed by atoms with E-state index in [1.807, 2.05) is 48.5 Å². The third-order valence-corrected chi connectivity index (χ3v) is 6.61. The number of ether oxygens (including phenoxy) is 2. The molecule has 0 atom stereocenters. The molecule has 3 aromatic rings. The van der Waals surface area contributed by atoms with E-state index in [4.69, 9.17) is 14.5 Å². The van der Waals surface area contributed by atoms with Gasteiger partial charge in [-0.3, -0.25) is 0 Å². The van der Waals surface area contributed by atoms with Crippen LogP contribution < -0.4 is 24.7 Å². The molecule has 2 fully saturated rings. The summed E-state index contributed by atoms with van der Waals surface area (Å²) in [7, 11) is 0. The van der Waals surface area contributed by atoms with Gasteiger partial charge in [-0.05, 0) is 79.8 Å². The molecule has 9 nitrogen and oxygen atoms in total. The highest BCUT2D eigenvalue weighted by Gasteiger charge is 2.21. The molecule has 2 saturated heterocycles. The highest BCUT2D eigenvalue weighted by Crippen LogP contribution is 2.23. The molecule has 1 N–H and O–H groups in total. The number of halogens is 1. The lowest BCUT2D eigenvalue weighted by molar-refractivity contribution is 0.217. The first-order valence-electron chi connectivity index (χ1n) is 12.4. The second-order valence-electron chi connectivity index (χ2n) is 8.74. The van der Waals surface area contributed by atoms with E-state index in [0.717, 1.165) is 59.6 Å². The van der Waals surface area contributed by atoms with E-state index < -0.39 is 0 Å². The minimum atomic E-state index is 0.461. The lowest BCUT2D eigenvalue weighted by atomic mass is 10.2. The first-order valence-corrected chi connectivity index (χ1v) is 13.2. The van der Waals surface area contributed by atoms with Gasteiger partial charge in [0.2, 0.25) is 17.8 Å². The summed E-state index contributed by atoms with van der Waals surface area (Å²) >= 11 is 3.42. The second kappa shape index (κ2) is 12.0. The van der Waals surface area contributed by atoms with Gasteiger partial charge in [-0.25, -0.2) is 5.43 Å². The number of nitrogens with one attached hydrogen (secondary N) is 1. The van der Waals surface area contributed by atoms with Crippen LogP contribution in [-0.4, -0.2) is 60.6 Å². The predicted octanol–water partition coefficient (Wildman–Crippen LogP) is 4.74. The van der Waals surface area contributed by atoms with Crippen molar-refractivity contribution in [1.82, 2.24) is 15.0 Å². The fraction of sp³-hybridized carbons (Fsp3) is 0.385. The predicted molar refractivity (Wildman–Crippen MR) is 146 cm³/mol. The smallest absolute Gasteiger partial charge is 0.250 e. The summed E-state index contributed by atoms with van der Waals surface area (Å²) < 4.78 is 12.5. The lowest BCUT2D eigenvalue weighted by Crippen LogP contribution is -2.25. The molecule has 0 radical (unpaired) electrons. The van der Waals surface area contributed by atoms with Crippen LogP contribution in [0.1, 0.15) is 31.2 Å². The third kappa shape index (κ3) is 6.63. The summed E-state index contributed by atoms with van der Waals surface area (Å²) in [4.78, 5) is 18.4. The van der Waals surface area contributed by atoms with Gasteiger partial charge in [0, 0.05) is 30.7 Å². The summed E-state index contributed by atoms with van der Waals surface area (Å²) in [5.41, 5.74) is 3.94. The van der Waals surface area contributed by atoms with Gasteiger partial charge >= 0.3 is 0 Å². The number of rotatable bonds is 10. The Bertz CT molecular complexity index is 1110. The zero-order valence-corrected chi connectivity index (χ0v) is 21.7. The van der Waals surface area contributed by atoms with Gasteiger partial charge in [0.05, 0.1) is 6.21 Å². The molecule has 0 spiro atoms. The maximum absolute atomic E-state index is 5.77. The van der Waals surface area contributed by atoms with Gasteiger partial charge in [0.1, 0.15) is 24.7 Å². The summed E-state index contributed by atoms with van der Waals surface area (Å²) in [5, 5.41) is 4.36. The van der Waals surface area contributed by atoms with E-state index >= 15 is 0 Å². The SMILES string of the molecule is Brc1ccc(OCCOc2ccc(/C=N/Nc3nc(N4CCCC4)nc(N4CCCC4)n3)cc2)cc1. The molecular weight excluding hydrogens is 522 g/mol. The summed E-state index contributed by atoms with van der Waals surface area (Å²) in [6.07, 6.45) is 6.43. The molecule has 0 bridgehead atoms. The minimum Gasteiger partial charge on any atom is -0.490 e. The van der Waals surface area contributed by atoms with Crippen LogP contribution >= 0.6 is 15.9 Å². The van der Waals surface area contributed by atoms with Crippen molar-refractivity contribution < 1.29 is 9.47 Å². The lowest BCUT2D eigenvalue weighted by Gasteiger charge is -2.20. The van der Waals surface area contributed by atoms with Crippen LogP contribution in [0.5, 0.6) is 11.5 Å². The summed E-state index contributed by atoms with van der Waals surface area (Å²) in [6, 6.07) is 15.5. The number of hydrogen-bond acceptors (Lipinski definition) is 9. The van der Waals surface area contributed by atoms with E-state index in [1.165, 1.54) is 25.7 Å². The second-order valence-corrected chi connectivity index (χ2v) is 9.65. The largest absolute Gasteiger partial charge is 0.490 e. The highest BCUT2D eigenvalue weighted by molar-refractivity contribution is 9.10. The molecule has 3 heterocycles. The summed E-state index contributed by atoms with van der Waals surface area (Å²) in [6.45, 7) is 4.87. The maximum atomic E-state index is 5.77. The quantitative estimate of drug-likeness (QED) is 0.219. The Kier molecular flexibility index (Phi) is 8.12. The molecular formula is C26H30BrN7O2. The van der Waals surface area contributed by atoms with E-state index in [1.54, 1.807) is 6.21 Å². The van der Waals surface area contributed by atoms with E-state index in [9.17, 15) is 0 Å². The minimum absolute atomic E-state index is 0.461. The molecule has 10 heteroatoms. The fourth-order valence-corrected chi connectivity index (χ4v) is 4.45. The maximum Gasteiger partial charge on any atom is 0.250 e. The van der Waals surface area contributed by atoms with Crippen molar-refractivity contribution in [3.63, 3.8) is 0 Å². The Morgan fingerprint density at radius 3 is 1.78 bits per heavy atom. The van der Waals surface area contributed by atoms with E-state index in [0.29, 0.717) is 19.2 Å². The van der Waals surface area contributed by atoms with Gasteiger partial charge in [0.25, 0.3) is 0 Å². The first kappa shape index (κ1) is 24.3. The standard InChI is InChI=1S/C26H30BrN7O2/c27-21-7-11-23(12-8-21)36-18-17-35-22-9-5-20(6-10-22)19-28-32-24-29-25(33-13-1-2-14-33)31-26(30-24)34-15-3-4-16-34/h5-12,19H,1-4,13-18H2,(H,29,30,31,32)/b28-19+. The first-order chi connectivity index (χ1) is 17.7. The van der Waals surface area contributed by atoms with E-state index in [2.05, 4.69) is 46.2 Å². The van der Waals surface area contributed by atoms with Crippen molar-refractivity contribution in [3.8, 4) is 11.5 Å². The van der Waals surface area contributed by atoms with Crippen molar-refractivity contribution in [1.29, 1.82) is 0 Å². The Morgan fingerprint density at radius 1 is 0.750 bits per heavy atom. The molecule has 0 aliphatic carbocycles. The van der Waals surface area contributed by atoms with E-state index in [-0.39, 0.29) is 0 Å². The van der Waals surface area contributed by atoms with Crippen molar-refractivity contribution in [3.05, 3.63) is 58.6 Å². The molecule has 36 heavy (non-hydrogen) atoms. The number of anilines is 3. The van der Waals surface area contributed by atoms with Crippen LogP contribution in [0.2, 0.25) is 0 Å². The molecule has 0 amide bonds. The monoisotopic (exact) mass is 551 g/mol. The van der Waals surface area contributed by atoms with Crippen molar-refractivity contribution in [2.75, 3.05) is 54.6 Å². The molecule has 2 aliphatic heterocycles. The average Bonchev–Trinajstić information content (AvgIpc) is 3.64. The van der Waals surface area contributed by atoms with Crippen LogP contribution in [0.4, 0.5) is 17.8 Å². The topological polar surface area (TPSA) is 88.0 Å². The zero-order chi connectivity index (χ0) is 24.6. The molecule has 2 aromatic carbocycles. The van der Waals surface area contributed by atoms with Gasteiger partial charge in [-0.2, -0.15) is 20.1 Å². The molecule has 0 unspecified atom stereocenters. The Hall–Kier alpha value is -3.40. The van der Waals surface area contributed by atoms with Crippen LogP contribution in [0.25, 0.3) is 0 Å². The van der Waals surface area contributed by atoms with Gasteiger partial charge in [0.15, 0.2) is 0 Å². The van der Waals surface area contributed by atoms with Crippen LogP contribution in [-0.2, 0) is 0 Å². The molecule has 188 valence electrons. The highest BCUT2D eigenvalue weighted by atomic mass is 79.9. The third-order valence-electron chi connectivity index (χ3n) is 6.08. The van der Waals surface area contributed by atoms with Crippen LogP contribution in [0.3, 0.4) is 0 Å². The molecule has 2 aliphatic rings. The van der Waals surface area contributed by atoms with Crippen LogP contribution in [0.15, 0.2) is 58.1 Å². The summed E-state index contributed by atoms with van der Waals surface area (Å²) in [5.74, 6) is 3.53. The molecule has 0 saturated carbocycles. The number of aromatic nitrogens is 3. The average molecular weight is 552 g/mol. The van der Waals surface area contributed by atoms with Gasteiger partial charge < -0.3 is 19.3 Å². The van der Waals surface area contributed by atoms with Gasteiger partial charge in [-0.1, -0.05) is 15.9 Å². The van der Waals surface area contributed by atoms with Crippen LogP contribution in [0, 0.1) is 0 Å². The van der Waals surface area contributed by atoms with Crippen molar-refractivity contribution >= 4 is 40.0 Å². The molecule has 1 aromatic heterocycles. The van der Waals surface area contributed by atoms with Crippen molar-refractivity contribution in [2.24, 2.45) is 5.10 Å². The number of hydrazone groups is 1. The normalized spacial score (nSPS) is 15.6. The Labute approximate surface area is 219 Å². The van der Waals surface area contributed by atoms with Gasteiger partial charge in [-0.15, -0.1) is 0 Å². The van der Waals surface area contributed by atoms with Crippen molar-refractivity contribution in [2.45, 2.75) is 25.7 Å². The Morgan fingerprint density at radius 2 is 1.25 bits per heavy atom.